The molecule has 0 heterocycles. The van der Waals surface area contributed by atoms with Crippen LogP contribution in [0.25, 0.3) is 0 Å². The zero-order valence-electron chi connectivity index (χ0n) is 11.2. The first-order valence-electron chi connectivity index (χ1n) is 6.12. The highest BCUT2D eigenvalue weighted by Gasteiger charge is 2.30. The second-order valence-corrected chi connectivity index (χ2v) is 5.10. The summed E-state index contributed by atoms with van der Waals surface area (Å²) in [7, 11) is 0. The van der Waals surface area contributed by atoms with Gasteiger partial charge in [0, 0.05) is 11.4 Å². The molecular formula is C14H9ClF4N2OS. The molecule has 2 rings (SSSR count). The fourth-order valence-corrected chi connectivity index (χ4v) is 2.02. The van der Waals surface area contributed by atoms with Crippen LogP contribution in [0.5, 0.6) is 5.75 Å². The Balaban J connectivity index is 1.96. The van der Waals surface area contributed by atoms with Crippen LogP contribution in [-0.4, -0.2) is 11.5 Å². The van der Waals surface area contributed by atoms with Crippen molar-refractivity contribution in [1.29, 1.82) is 0 Å². The molecule has 0 saturated carbocycles. The molecule has 0 aliphatic heterocycles. The fourth-order valence-electron chi connectivity index (χ4n) is 1.61. The van der Waals surface area contributed by atoms with E-state index in [1.165, 1.54) is 30.3 Å². The molecule has 2 aromatic rings. The maximum atomic E-state index is 13.0. The summed E-state index contributed by atoms with van der Waals surface area (Å²) in [4.78, 5) is 0. The lowest BCUT2D eigenvalue weighted by atomic mass is 10.3. The third-order valence-corrected chi connectivity index (χ3v) is 3.02. The third-order valence-electron chi connectivity index (χ3n) is 2.52. The fraction of sp³-hybridized carbons (Fsp3) is 0.0714. The molecular weight excluding hydrogens is 356 g/mol. The van der Waals surface area contributed by atoms with Gasteiger partial charge in [0.15, 0.2) is 5.11 Å². The highest BCUT2D eigenvalue weighted by molar-refractivity contribution is 7.80. The molecule has 0 atom stereocenters. The second-order valence-electron chi connectivity index (χ2n) is 4.28. The van der Waals surface area contributed by atoms with Crippen molar-refractivity contribution in [3.8, 4) is 5.75 Å². The Morgan fingerprint density at radius 2 is 1.57 bits per heavy atom. The molecule has 0 aliphatic rings. The number of thiocarbonyl (C=S) groups is 1. The molecule has 0 saturated heterocycles. The molecule has 2 N–H and O–H groups in total. The quantitative estimate of drug-likeness (QED) is 0.580. The highest BCUT2D eigenvalue weighted by atomic mass is 35.5. The van der Waals surface area contributed by atoms with Crippen molar-refractivity contribution in [3.05, 3.63) is 53.3 Å². The van der Waals surface area contributed by atoms with Gasteiger partial charge in [-0.05, 0) is 54.7 Å². The molecule has 0 aromatic heterocycles. The second kappa shape index (κ2) is 7.01. The number of ether oxygens (including phenoxy) is 1. The van der Waals surface area contributed by atoms with Crippen molar-refractivity contribution in [2.24, 2.45) is 0 Å². The first-order valence-corrected chi connectivity index (χ1v) is 6.90. The average molecular weight is 365 g/mol. The van der Waals surface area contributed by atoms with Gasteiger partial charge in [-0.15, -0.1) is 13.2 Å². The van der Waals surface area contributed by atoms with Gasteiger partial charge in [0.05, 0.1) is 5.02 Å². The summed E-state index contributed by atoms with van der Waals surface area (Å²) >= 11 is 10.7. The smallest absolute Gasteiger partial charge is 0.406 e. The molecule has 9 heteroatoms. The number of anilines is 2. The Morgan fingerprint density at radius 1 is 1.00 bits per heavy atom. The normalized spacial score (nSPS) is 11.0. The zero-order valence-corrected chi connectivity index (χ0v) is 12.8. The van der Waals surface area contributed by atoms with Gasteiger partial charge in [-0.3, -0.25) is 0 Å². The van der Waals surface area contributed by atoms with Crippen LogP contribution in [0.3, 0.4) is 0 Å². The van der Waals surface area contributed by atoms with Crippen LogP contribution in [0.15, 0.2) is 42.5 Å². The summed E-state index contributed by atoms with van der Waals surface area (Å²) in [6.45, 7) is 0. The number of rotatable bonds is 3. The number of nitrogens with one attached hydrogen (secondary N) is 2. The number of hydrogen-bond donors (Lipinski definition) is 2. The van der Waals surface area contributed by atoms with Crippen LogP contribution >= 0.6 is 23.8 Å². The van der Waals surface area contributed by atoms with Gasteiger partial charge in [0.2, 0.25) is 0 Å². The van der Waals surface area contributed by atoms with Gasteiger partial charge >= 0.3 is 6.36 Å². The summed E-state index contributed by atoms with van der Waals surface area (Å²) in [6, 6.07) is 9.00. The highest BCUT2D eigenvalue weighted by Crippen LogP contribution is 2.24. The number of halogens is 5. The minimum atomic E-state index is -4.74. The van der Waals surface area contributed by atoms with Crippen molar-refractivity contribution in [2.75, 3.05) is 10.6 Å². The topological polar surface area (TPSA) is 33.3 Å². The van der Waals surface area contributed by atoms with E-state index in [0.717, 1.165) is 12.1 Å². The van der Waals surface area contributed by atoms with E-state index < -0.39 is 12.2 Å². The van der Waals surface area contributed by atoms with E-state index in [9.17, 15) is 17.6 Å². The van der Waals surface area contributed by atoms with Crippen LogP contribution in [0.2, 0.25) is 5.02 Å². The largest absolute Gasteiger partial charge is 0.573 e. The van der Waals surface area contributed by atoms with Gasteiger partial charge in [-0.25, -0.2) is 4.39 Å². The predicted molar refractivity (Wildman–Crippen MR) is 84.4 cm³/mol. The van der Waals surface area contributed by atoms with E-state index in [1.807, 2.05) is 0 Å². The molecule has 122 valence electrons. The lowest BCUT2D eigenvalue weighted by Gasteiger charge is -2.12. The average Bonchev–Trinajstić information content (AvgIpc) is 2.43. The number of alkyl halides is 3. The molecule has 3 nitrogen and oxygen atoms in total. The molecule has 0 aliphatic carbocycles. The van der Waals surface area contributed by atoms with E-state index >= 15 is 0 Å². The summed E-state index contributed by atoms with van der Waals surface area (Å²) in [5.74, 6) is -0.899. The molecule has 0 spiro atoms. The Bertz CT molecular complexity index is 707. The van der Waals surface area contributed by atoms with Crippen molar-refractivity contribution in [1.82, 2.24) is 0 Å². The van der Waals surface area contributed by atoms with Crippen LogP contribution in [0.1, 0.15) is 0 Å². The zero-order chi connectivity index (χ0) is 17.0. The third kappa shape index (κ3) is 5.57. The minimum Gasteiger partial charge on any atom is -0.406 e. The van der Waals surface area contributed by atoms with Crippen LogP contribution in [0, 0.1) is 5.82 Å². The van der Waals surface area contributed by atoms with E-state index in [0.29, 0.717) is 11.4 Å². The maximum Gasteiger partial charge on any atom is 0.573 e. The van der Waals surface area contributed by atoms with E-state index in [4.69, 9.17) is 23.8 Å². The van der Waals surface area contributed by atoms with E-state index in [2.05, 4.69) is 15.4 Å². The molecule has 0 radical (unpaired) electrons. The first-order chi connectivity index (χ1) is 10.7. The van der Waals surface area contributed by atoms with Crippen LogP contribution < -0.4 is 15.4 Å². The molecule has 0 bridgehead atoms. The lowest BCUT2D eigenvalue weighted by Crippen LogP contribution is -2.19. The van der Waals surface area contributed by atoms with Crippen molar-refractivity contribution >= 4 is 40.3 Å². The van der Waals surface area contributed by atoms with Gasteiger partial charge in [0.1, 0.15) is 11.6 Å². The summed E-state index contributed by atoms with van der Waals surface area (Å²) in [5.41, 5.74) is 0.913. The molecule has 0 unspecified atom stereocenters. The Hall–Kier alpha value is -2.06. The van der Waals surface area contributed by atoms with Gasteiger partial charge in [-0.2, -0.15) is 0 Å². The lowest BCUT2D eigenvalue weighted by molar-refractivity contribution is -0.274. The van der Waals surface area contributed by atoms with Crippen molar-refractivity contribution in [2.45, 2.75) is 6.36 Å². The number of benzene rings is 2. The maximum absolute atomic E-state index is 13.0. The van der Waals surface area contributed by atoms with E-state index in [1.54, 1.807) is 0 Å². The van der Waals surface area contributed by atoms with Gasteiger partial charge in [0.25, 0.3) is 0 Å². The standard InChI is InChI=1S/C14H9ClF4N2OS/c15-11-7-9(3-6-12(11)16)21-13(23)20-8-1-4-10(5-2-8)22-14(17,18)19/h1-7H,(H2,20,21,23). The predicted octanol–water partition coefficient (Wildman–Crippen LogP) is 5.19. The summed E-state index contributed by atoms with van der Waals surface area (Å²) in [5, 5.41) is 5.63. The summed E-state index contributed by atoms with van der Waals surface area (Å²) in [6.07, 6.45) is -4.74. The molecule has 2 aromatic carbocycles. The minimum absolute atomic E-state index is 0.0635. The van der Waals surface area contributed by atoms with Crippen LogP contribution in [0.4, 0.5) is 28.9 Å². The molecule has 0 amide bonds. The van der Waals surface area contributed by atoms with Crippen molar-refractivity contribution < 1.29 is 22.3 Å². The van der Waals surface area contributed by atoms with Gasteiger partial charge < -0.3 is 15.4 Å². The SMILES string of the molecule is Fc1ccc(NC(=S)Nc2ccc(OC(F)(F)F)cc2)cc1Cl. The Morgan fingerprint density at radius 3 is 2.13 bits per heavy atom. The van der Waals surface area contributed by atoms with Gasteiger partial charge in [-0.1, -0.05) is 11.6 Å². The van der Waals surface area contributed by atoms with Crippen molar-refractivity contribution in [3.63, 3.8) is 0 Å². The van der Waals surface area contributed by atoms with Crippen LogP contribution in [-0.2, 0) is 0 Å². The Labute approximate surface area is 139 Å². The first kappa shape index (κ1) is 17.3. The van der Waals surface area contributed by atoms with E-state index in [-0.39, 0.29) is 15.9 Å². The molecule has 23 heavy (non-hydrogen) atoms. The number of hydrogen-bond acceptors (Lipinski definition) is 2. The molecule has 0 fully saturated rings. The Kier molecular flexibility index (Phi) is 5.27. The summed E-state index contributed by atoms with van der Waals surface area (Å²) < 4.78 is 52.9. The monoisotopic (exact) mass is 364 g/mol.